The second kappa shape index (κ2) is 11.4. The molecule has 1 amide bonds. The van der Waals surface area contributed by atoms with E-state index in [1.807, 2.05) is 4.90 Å². The maximum atomic E-state index is 15.3. The minimum Gasteiger partial charge on any atom is -0.435 e. The van der Waals surface area contributed by atoms with Crippen LogP contribution in [0.5, 0.6) is 11.6 Å². The number of amides is 1. The van der Waals surface area contributed by atoms with E-state index in [1.165, 1.54) is 13.1 Å². The molecule has 2 aliphatic rings. The minimum atomic E-state index is -0.777. The van der Waals surface area contributed by atoms with Crippen molar-refractivity contribution >= 4 is 28.8 Å². The Morgan fingerprint density at radius 2 is 1.88 bits per heavy atom. The van der Waals surface area contributed by atoms with Crippen molar-refractivity contribution in [3.05, 3.63) is 70.9 Å². The van der Waals surface area contributed by atoms with E-state index in [2.05, 4.69) is 37.7 Å². The summed E-state index contributed by atoms with van der Waals surface area (Å²) in [5.41, 5.74) is 1.51. The predicted octanol–water partition coefficient (Wildman–Crippen LogP) is 4.80. The lowest BCUT2D eigenvalue weighted by Gasteiger charge is -2.35. The molecular formula is C28H30F3N7O2. The van der Waals surface area contributed by atoms with E-state index in [4.69, 9.17) is 4.74 Å². The van der Waals surface area contributed by atoms with Crippen molar-refractivity contribution < 1.29 is 22.7 Å². The molecule has 0 aliphatic carbocycles. The fraction of sp³-hybridized carbons (Fsp3) is 0.321. The van der Waals surface area contributed by atoms with Crippen LogP contribution in [0.4, 0.5) is 36.1 Å². The number of fused-ring (bicyclic) bond motifs is 1. The van der Waals surface area contributed by atoms with Crippen LogP contribution in [0.15, 0.2) is 42.4 Å². The maximum Gasteiger partial charge on any atom is 0.260 e. The Labute approximate surface area is 230 Å². The molecule has 1 fully saturated rings. The highest BCUT2D eigenvalue weighted by molar-refractivity contribution is 6.01. The van der Waals surface area contributed by atoms with Gasteiger partial charge in [0.1, 0.15) is 17.7 Å². The fourth-order valence-electron chi connectivity index (χ4n) is 4.82. The Balaban J connectivity index is 1.43. The molecule has 12 heteroatoms. The average molecular weight is 554 g/mol. The quantitative estimate of drug-likeness (QED) is 0.384. The number of ether oxygens (including phenoxy) is 1. The molecule has 0 radical (unpaired) electrons. The number of piperazine rings is 1. The Bertz CT molecular complexity index is 1470. The number of nitrogens with zero attached hydrogens (tertiary/aromatic N) is 4. The lowest BCUT2D eigenvalue weighted by Crippen LogP contribution is -2.46. The highest BCUT2D eigenvalue weighted by Gasteiger charge is 2.26. The summed E-state index contributed by atoms with van der Waals surface area (Å²) in [5.74, 6) is -3.27. The number of benzene rings is 2. The van der Waals surface area contributed by atoms with E-state index in [9.17, 15) is 9.18 Å². The number of rotatable bonds is 7. The van der Waals surface area contributed by atoms with Crippen molar-refractivity contribution in [3.63, 3.8) is 0 Å². The standard InChI is InChI=1S/C28H30F3N7O2/c1-4-37-9-11-38(12-10-37)21-8-6-17(13-19(21)29)36-26-23(27(39)32-3)28(34-15-33-26)40-22-14-20(30)25-18(24(22)31)7-5-16(2)35-25/h5-6,8,13-15,35H,4,7,9-12H2,1-3H3,(H,32,39)(H,33,34,36). The molecule has 3 N–H and O–H groups in total. The van der Waals surface area contributed by atoms with Crippen LogP contribution >= 0.6 is 0 Å². The Kier molecular flexibility index (Phi) is 7.78. The molecule has 40 heavy (non-hydrogen) atoms. The Hall–Kier alpha value is -4.32. The highest BCUT2D eigenvalue weighted by atomic mass is 19.1. The summed E-state index contributed by atoms with van der Waals surface area (Å²) in [6, 6.07) is 5.57. The van der Waals surface area contributed by atoms with Gasteiger partial charge in [-0.3, -0.25) is 4.79 Å². The van der Waals surface area contributed by atoms with Crippen LogP contribution in [0.25, 0.3) is 0 Å². The summed E-state index contributed by atoms with van der Waals surface area (Å²) in [7, 11) is 1.40. The summed E-state index contributed by atoms with van der Waals surface area (Å²) in [6.45, 7) is 7.97. The van der Waals surface area contributed by atoms with Crippen molar-refractivity contribution in [3.8, 4) is 11.6 Å². The number of allylic oxidation sites excluding steroid dienone is 2. The zero-order chi connectivity index (χ0) is 28.4. The molecule has 0 saturated carbocycles. The van der Waals surface area contributed by atoms with Crippen LogP contribution in [0.3, 0.4) is 0 Å². The van der Waals surface area contributed by atoms with E-state index < -0.39 is 29.1 Å². The summed E-state index contributed by atoms with van der Waals surface area (Å²) < 4.78 is 50.9. The first-order valence-corrected chi connectivity index (χ1v) is 13.0. The number of hydrogen-bond donors (Lipinski definition) is 3. The molecule has 210 valence electrons. The van der Waals surface area contributed by atoms with E-state index in [1.54, 1.807) is 25.1 Å². The van der Waals surface area contributed by atoms with Crippen molar-refractivity contribution in [1.82, 2.24) is 20.2 Å². The highest BCUT2D eigenvalue weighted by Crippen LogP contribution is 2.37. The third-order valence-electron chi connectivity index (χ3n) is 7.06. The smallest absolute Gasteiger partial charge is 0.260 e. The summed E-state index contributed by atoms with van der Waals surface area (Å²) in [6.07, 6.45) is 3.01. The number of carbonyl (C=O) groups is 1. The lowest BCUT2D eigenvalue weighted by atomic mass is 10.0. The lowest BCUT2D eigenvalue weighted by molar-refractivity contribution is 0.0960. The summed E-state index contributed by atoms with van der Waals surface area (Å²) in [5, 5.41) is 8.24. The average Bonchev–Trinajstić information content (AvgIpc) is 2.96. The monoisotopic (exact) mass is 553 g/mol. The zero-order valence-corrected chi connectivity index (χ0v) is 22.4. The number of anilines is 4. The molecule has 2 aliphatic heterocycles. The third kappa shape index (κ3) is 5.39. The number of carbonyl (C=O) groups excluding carboxylic acids is 1. The number of aromatic nitrogens is 2. The minimum absolute atomic E-state index is 0.00660. The van der Waals surface area contributed by atoms with E-state index in [-0.39, 0.29) is 34.9 Å². The first kappa shape index (κ1) is 27.3. The number of hydrogen-bond acceptors (Lipinski definition) is 8. The fourth-order valence-corrected chi connectivity index (χ4v) is 4.82. The van der Waals surface area contributed by atoms with Crippen LogP contribution in [-0.4, -0.2) is 60.5 Å². The summed E-state index contributed by atoms with van der Waals surface area (Å²) in [4.78, 5) is 25.3. The van der Waals surface area contributed by atoms with Gasteiger partial charge >= 0.3 is 0 Å². The molecule has 1 saturated heterocycles. The molecule has 0 unspecified atom stereocenters. The van der Waals surface area contributed by atoms with Crippen LogP contribution in [0.2, 0.25) is 0 Å². The molecule has 3 heterocycles. The molecule has 5 rings (SSSR count). The van der Waals surface area contributed by atoms with Gasteiger partial charge in [-0.05, 0) is 38.1 Å². The molecule has 3 aromatic rings. The van der Waals surface area contributed by atoms with Crippen LogP contribution in [0, 0.1) is 17.5 Å². The van der Waals surface area contributed by atoms with Crippen molar-refractivity contribution in [1.29, 1.82) is 0 Å². The van der Waals surface area contributed by atoms with Crippen LogP contribution in [0.1, 0.15) is 29.8 Å². The second-order valence-corrected chi connectivity index (χ2v) is 9.54. The number of nitrogens with one attached hydrogen (secondary N) is 3. The van der Waals surface area contributed by atoms with E-state index in [0.29, 0.717) is 17.1 Å². The van der Waals surface area contributed by atoms with Gasteiger partial charge in [-0.15, -0.1) is 0 Å². The van der Waals surface area contributed by atoms with Crippen LogP contribution in [-0.2, 0) is 6.42 Å². The second-order valence-electron chi connectivity index (χ2n) is 9.54. The van der Waals surface area contributed by atoms with Gasteiger partial charge in [0.2, 0.25) is 5.88 Å². The van der Waals surface area contributed by atoms with Gasteiger partial charge in [0.05, 0.1) is 11.4 Å². The van der Waals surface area contributed by atoms with Crippen LogP contribution < -0.4 is 25.6 Å². The van der Waals surface area contributed by atoms with Crippen molar-refractivity contribution in [2.75, 3.05) is 55.3 Å². The Morgan fingerprint density at radius 3 is 2.58 bits per heavy atom. The normalized spacial score (nSPS) is 15.2. The van der Waals surface area contributed by atoms with Crippen molar-refractivity contribution in [2.24, 2.45) is 0 Å². The van der Waals surface area contributed by atoms with Gasteiger partial charge in [0.15, 0.2) is 23.2 Å². The summed E-state index contributed by atoms with van der Waals surface area (Å²) >= 11 is 0. The van der Waals surface area contributed by atoms with E-state index >= 15 is 8.78 Å². The van der Waals surface area contributed by atoms with E-state index in [0.717, 1.165) is 45.1 Å². The van der Waals surface area contributed by atoms with Gasteiger partial charge in [0, 0.05) is 56.2 Å². The van der Waals surface area contributed by atoms with Gasteiger partial charge < -0.3 is 30.5 Å². The molecular weight excluding hydrogens is 523 g/mol. The third-order valence-corrected chi connectivity index (χ3v) is 7.06. The zero-order valence-electron chi connectivity index (χ0n) is 22.4. The van der Waals surface area contributed by atoms with Gasteiger partial charge in [-0.2, -0.15) is 0 Å². The molecule has 1 aromatic heterocycles. The first-order valence-electron chi connectivity index (χ1n) is 13.0. The maximum absolute atomic E-state index is 15.3. The molecule has 0 bridgehead atoms. The largest absolute Gasteiger partial charge is 0.435 e. The number of likely N-dealkylation sites (N-methyl/N-ethyl adjacent to an activating group) is 1. The van der Waals surface area contributed by atoms with Crippen molar-refractivity contribution in [2.45, 2.75) is 20.3 Å². The molecule has 2 aromatic carbocycles. The van der Waals surface area contributed by atoms with Gasteiger partial charge in [-0.1, -0.05) is 13.0 Å². The Morgan fingerprint density at radius 1 is 1.10 bits per heavy atom. The first-order chi connectivity index (χ1) is 19.3. The molecule has 0 spiro atoms. The van der Waals surface area contributed by atoms with Gasteiger partial charge in [-0.25, -0.2) is 23.1 Å². The molecule has 0 atom stereocenters. The van der Waals surface area contributed by atoms with Gasteiger partial charge in [0.25, 0.3) is 5.91 Å². The molecule has 9 nitrogen and oxygen atoms in total. The SMILES string of the molecule is CCN1CCN(c2ccc(Nc3ncnc(Oc4cc(F)c5c(c4F)CC=C(C)N5)c3C(=O)NC)cc2F)CC1. The predicted molar refractivity (Wildman–Crippen MR) is 147 cm³/mol. The topological polar surface area (TPSA) is 94.7 Å². The number of halogens is 3.